The normalized spacial score (nSPS) is 20.5. The van der Waals surface area contributed by atoms with Gasteiger partial charge in [0.25, 0.3) is 0 Å². The largest absolute Gasteiger partial charge is 0.444 e. The summed E-state index contributed by atoms with van der Waals surface area (Å²) in [6, 6.07) is 0. The SMILES string of the molecule is CC(C)(C)OC(=O)N1CCCC(C#CCO)C1. The third kappa shape index (κ3) is 5.10. The van der Waals surface area contributed by atoms with Gasteiger partial charge in [-0.15, -0.1) is 0 Å². The molecule has 0 spiro atoms. The van der Waals surface area contributed by atoms with Gasteiger partial charge in [-0.25, -0.2) is 4.79 Å². The molecule has 0 bridgehead atoms. The van der Waals surface area contributed by atoms with Crippen LogP contribution in [0.5, 0.6) is 0 Å². The van der Waals surface area contributed by atoms with Crippen molar-refractivity contribution in [3.05, 3.63) is 0 Å². The Bertz CT molecular complexity index is 322. The highest BCUT2D eigenvalue weighted by Crippen LogP contribution is 2.18. The molecule has 1 N–H and O–H groups in total. The fourth-order valence-corrected chi connectivity index (χ4v) is 1.78. The maximum Gasteiger partial charge on any atom is 0.410 e. The van der Waals surface area contributed by atoms with Crippen LogP contribution in [0.2, 0.25) is 0 Å². The Morgan fingerprint density at radius 2 is 2.24 bits per heavy atom. The standard InChI is InChI=1S/C13H21NO3/c1-13(2,3)17-12(16)14-8-4-6-11(10-14)7-5-9-15/h11,15H,4,6,8-10H2,1-3H3. The molecule has 4 heteroatoms. The Morgan fingerprint density at radius 3 is 2.82 bits per heavy atom. The molecule has 0 aromatic carbocycles. The van der Waals surface area contributed by atoms with Gasteiger partial charge in [0.05, 0.1) is 0 Å². The quantitative estimate of drug-likeness (QED) is 0.654. The van der Waals surface area contributed by atoms with Crippen molar-refractivity contribution in [2.45, 2.75) is 39.2 Å². The van der Waals surface area contributed by atoms with Gasteiger partial charge in [0.15, 0.2) is 0 Å². The van der Waals surface area contributed by atoms with Crippen molar-refractivity contribution >= 4 is 6.09 Å². The summed E-state index contributed by atoms with van der Waals surface area (Å²) in [7, 11) is 0. The number of likely N-dealkylation sites (tertiary alicyclic amines) is 1. The van der Waals surface area contributed by atoms with E-state index in [0.717, 1.165) is 19.4 Å². The number of carbonyl (C=O) groups excluding carboxylic acids is 1. The van der Waals surface area contributed by atoms with E-state index in [-0.39, 0.29) is 18.6 Å². The van der Waals surface area contributed by atoms with Crippen LogP contribution >= 0.6 is 0 Å². The third-order valence-corrected chi connectivity index (χ3v) is 2.46. The number of ether oxygens (including phenoxy) is 1. The van der Waals surface area contributed by atoms with E-state index < -0.39 is 5.60 Å². The lowest BCUT2D eigenvalue weighted by Crippen LogP contribution is -2.42. The first-order valence-corrected chi connectivity index (χ1v) is 5.99. The molecule has 1 rings (SSSR count). The van der Waals surface area contributed by atoms with E-state index in [4.69, 9.17) is 9.84 Å². The van der Waals surface area contributed by atoms with Crippen LogP contribution in [0.4, 0.5) is 4.79 Å². The number of hydrogen-bond acceptors (Lipinski definition) is 3. The maximum absolute atomic E-state index is 11.8. The van der Waals surface area contributed by atoms with Crippen molar-refractivity contribution in [1.29, 1.82) is 0 Å². The van der Waals surface area contributed by atoms with Gasteiger partial charge in [-0.05, 0) is 33.6 Å². The summed E-state index contributed by atoms with van der Waals surface area (Å²) in [5, 5.41) is 8.65. The van der Waals surface area contributed by atoms with Crippen LogP contribution in [0.25, 0.3) is 0 Å². The first-order valence-electron chi connectivity index (χ1n) is 5.99. The molecule has 0 aromatic heterocycles. The number of piperidine rings is 1. The third-order valence-electron chi connectivity index (χ3n) is 2.46. The molecule has 1 aliphatic rings. The van der Waals surface area contributed by atoms with Crippen LogP contribution in [-0.4, -0.2) is 41.4 Å². The Morgan fingerprint density at radius 1 is 1.53 bits per heavy atom. The number of carbonyl (C=O) groups is 1. The summed E-state index contributed by atoms with van der Waals surface area (Å²) in [5.74, 6) is 5.78. The highest BCUT2D eigenvalue weighted by molar-refractivity contribution is 5.68. The number of rotatable bonds is 0. The molecule has 4 nitrogen and oxygen atoms in total. The van der Waals surface area contributed by atoms with Gasteiger partial charge < -0.3 is 14.7 Å². The predicted molar refractivity (Wildman–Crippen MR) is 65.4 cm³/mol. The number of hydrogen-bond donors (Lipinski definition) is 1. The fourth-order valence-electron chi connectivity index (χ4n) is 1.78. The van der Waals surface area contributed by atoms with Crippen molar-refractivity contribution in [1.82, 2.24) is 4.90 Å². The van der Waals surface area contributed by atoms with Crippen LogP contribution in [-0.2, 0) is 4.74 Å². The lowest BCUT2D eigenvalue weighted by molar-refractivity contribution is 0.0190. The van der Waals surface area contributed by atoms with E-state index in [0.29, 0.717) is 6.54 Å². The molecule has 1 saturated heterocycles. The van der Waals surface area contributed by atoms with E-state index in [2.05, 4.69) is 11.8 Å². The molecule has 1 unspecified atom stereocenters. The van der Waals surface area contributed by atoms with Crippen molar-refractivity contribution in [3.63, 3.8) is 0 Å². The molecule has 96 valence electrons. The second kappa shape index (κ2) is 5.92. The van der Waals surface area contributed by atoms with Crippen LogP contribution in [0, 0.1) is 17.8 Å². The molecule has 1 amide bonds. The summed E-state index contributed by atoms with van der Waals surface area (Å²) < 4.78 is 5.32. The van der Waals surface area contributed by atoms with Crippen molar-refractivity contribution in [2.75, 3.05) is 19.7 Å². The molecule has 1 heterocycles. The van der Waals surface area contributed by atoms with Gasteiger partial charge in [-0.1, -0.05) is 11.8 Å². The monoisotopic (exact) mass is 239 g/mol. The minimum atomic E-state index is -0.458. The maximum atomic E-state index is 11.8. The lowest BCUT2D eigenvalue weighted by Gasteiger charge is -2.32. The van der Waals surface area contributed by atoms with E-state index >= 15 is 0 Å². The first-order chi connectivity index (χ1) is 7.92. The average Bonchev–Trinajstić information content (AvgIpc) is 2.24. The van der Waals surface area contributed by atoms with Crippen molar-refractivity contribution in [2.24, 2.45) is 5.92 Å². The molecule has 1 atom stereocenters. The van der Waals surface area contributed by atoms with Gasteiger partial charge in [0.2, 0.25) is 0 Å². The predicted octanol–water partition coefficient (Wildman–Crippen LogP) is 1.63. The minimum Gasteiger partial charge on any atom is -0.444 e. The van der Waals surface area contributed by atoms with Crippen molar-refractivity contribution in [3.8, 4) is 11.8 Å². The minimum absolute atomic E-state index is 0.122. The van der Waals surface area contributed by atoms with E-state index in [9.17, 15) is 4.79 Å². The molecule has 1 aliphatic heterocycles. The lowest BCUT2D eigenvalue weighted by atomic mass is 9.99. The number of amides is 1. The van der Waals surface area contributed by atoms with Crippen LogP contribution in [0.3, 0.4) is 0 Å². The summed E-state index contributed by atoms with van der Waals surface area (Å²) in [6.45, 7) is 6.78. The zero-order valence-corrected chi connectivity index (χ0v) is 10.8. The highest BCUT2D eigenvalue weighted by Gasteiger charge is 2.26. The zero-order valence-electron chi connectivity index (χ0n) is 10.8. The Labute approximate surface area is 103 Å². The van der Waals surface area contributed by atoms with Crippen LogP contribution in [0.1, 0.15) is 33.6 Å². The van der Waals surface area contributed by atoms with Gasteiger partial charge in [0.1, 0.15) is 12.2 Å². The van der Waals surface area contributed by atoms with Gasteiger partial charge in [0, 0.05) is 19.0 Å². The number of nitrogens with zero attached hydrogens (tertiary/aromatic N) is 1. The smallest absolute Gasteiger partial charge is 0.410 e. The van der Waals surface area contributed by atoms with Crippen LogP contribution < -0.4 is 0 Å². The topological polar surface area (TPSA) is 49.8 Å². The zero-order chi connectivity index (χ0) is 12.9. The average molecular weight is 239 g/mol. The summed E-state index contributed by atoms with van der Waals surface area (Å²) in [4.78, 5) is 13.5. The molecular weight excluding hydrogens is 218 g/mol. The molecule has 0 aliphatic carbocycles. The van der Waals surface area contributed by atoms with E-state index in [1.54, 1.807) is 4.90 Å². The summed E-state index contributed by atoms with van der Waals surface area (Å²) >= 11 is 0. The number of aliphatic hydroxyl groups is 1. The summed E-state index contributed by atoms with van der Waals surface area (Å²) in [5.41, 5.74) is -0.458. The molecule has 1 fully saturated rings. The summed E-state index contributed by atoms with van der Waals surface area (Å²) in [6.07, 6.45) is 1.64. The van der Waals surface area contributed by atoms with Crippen LogP contribution in [0.15, 0.2) is 0 Å². The van der Waals surface area contributed by atoms with E-state index in [1.165, 1.54) is 0 Å². The Kier molecular flexibility index (Phi) is 4.83. The molecule has 0 aromatic rings. The molecule has 0 radical (unpaired) electrons. The second-order valence-corrected chi connectivity index (χ2v) is 5.24. The second-order valence-electron chi connectivity index (χ2n) is 5.24. The Hall–Kier alpha value is -1.21. The Balaban J connectivity index is 2.52. The molecule has 17 heavy (non-hydrogen) atoms. The first kappa shape index (κ1) is 13.9. The van der Waals surface area contributed by atoms with E-state index in [1.807, 2.05) is 20.8 Å². The van der Waals surface area contributed by atoms with Crippen molar-refractivity contribution < 1.29 is 14.6 Å². The fraction of sp³-hybridized carbons (Fsp3) is 0.769. The van der Waals surface area contributed by atoms with Gasteiger partial charge in [-0.2, -0.15) is 0 Å². The molecular formula is C13H21NO3. The van der Waals surface area contributed by atoms with Gasteiger partial charge >= 0.3 is 6.09 Å². The molecule has 0 saturated carbocycles. The highest BCUT2D eigenvalue weighted by atomic mass is 16.6. The van der Waals surface area contributed by atoms with Gasteiger partial charge in [-0.3, -0.25) is 0 Å². The number of aliphatic hydroxyl groups excluding tert-OH is 1.